The largest absolute Gasteiger partial charge is 0.486 e. The van der Waals surface area contributed by atoms with Crippen LogP contribution in [0.4, 0.5) is 0 Å². The van der Waals surface area contributed by atoms with Crippen molar-refractivity contribution in [2.24, 2.45) is 0 Å². The summed E-state index contributed by atoms with van der Waals surface area (Å²) in [5.74, 6) is -0.143. The maximum Gasteiger partial charge on any atom is 0.335 e. The standard InChI is InChI=1S/C10H10O5/c11-4-7-5-14-9-3-6(10(12)13)1-2-8(9)15-7/h1-3,7,11H,4-5H2,(H,12,13). The van der Waals surface area contributed by atoms with Gasteiger partial charge in [0.25, 0.3) is 0 Å². The number of hydrogen-bond acceptors (Lipinski definition) is 4. The number of aromatic carboxylic acids is 1. The van der Waals surface area contributed by atoms with E-state index in [4.69, 9.17) is 19.7 Å². The molecule has 0 saturated heterocycles. The third-order valence-electron chi connectivity index (χ3n) is 2.11. The zero-order chi connectivity index (χ0) is 10.8. The Labute approximate surface area is 85.9 Å². The van der Waals surface area contributed by atoms with Crippen LogP contribution in [0.1, 0.15) is 10.4 Å². The molecule has 1 aromatic rings. The first kappa shape index (κ1) is 9.79. The van der Waals surface area contributed by atoms with E-state index in [9.17, 15) is 4.79 Å². The zero-order valence-corrected chi connectivity index (χ0v) is 7.84. The number of ether oxygens (including phenoxy) is 2. The van der Waals surface area contributed by atoms with Crippen molar-refractivity contribution in [2.75, 3.05) is 13.2 Å². The van der Waals surface area contributed by atoms with Crippen molar-refractivity contribution in [3.05, 3.63) is 23.8 Å². The van der Waals surface area contributed by atoms with E-state index in [1.54, 1.807) is 0 Å². The summed E-state index contributed by atoms with van der Waals surface area (Å²) in [6, 6.07) is 4.37. The Bertz CT molecular complexity index is 387. The van der Waals surface area contributed by atoms with E-state index in [1.807, 2.05) is 0 Å². The fourth-order valence-electron chi connectivity index (χ4n) is 1.34. The first-order chi connectivity index (χ1) is 7.20. The van der Waals surface area contributed by atoms with Crippen LogP contribution in [0.2, 0.25) is 0 Å². The quantitative estimate of drug-likeness (QED) is 0.744. The third-order valence-corrected chi connectivity index (χ3v) is 2.11. The molecular formula is C10H10O5. The highest BCUT2D eigenvalue weighted by molar-refractivity contribution is 5.88. The van der Waals surface area contributed by atoms with Crippen LogP contribution in [-0.2, 0) is 0 Å². The highest BCUT2D eigenvalue weighted by atomic mass is 16.6. The minimum absolute atomic E-state index is 0.125. The number of carboxylic acids is 1. The van der Waals surface area contributed by atoms with Gasteiger partial charge in [0.15, 0.2) is 17.6 Å². The smallest absolute Gasteiger partial charge is 0.335 e. The van der Waals surface area contributed by atoms with Gasteiger partial charge in [0.1, 0.15) is 6.61 Å². The molecule has 0 aromatic heterocycles. The number of carboxylic acid groups (broad SMARTS) is 1. The summed E-state index contributed by atoms with van der Waals surface area (Å²) < 4.78 is 10.6. The highest BCUT2D eigenvalue weighted by Gasteiger charge is 2.21. The van der Waals surface area contributed by atoms with E-state index >= 15 is 0 Å². The number of rotatable bonds is 2. The van der Waals surface area contributed by atoms with E-state index in [-0.39, 0.29) is 24.9 Å². The maximum absolute atomic E-state index is 10.7. The molecular weight excluding hydrogens is 200 g/mol. The Morgan fingerprint density at radius 1 is 1.47 bits per heavy atom. The number of aliphatic hydroxyl groups is 1. The van der Waals surface area contributed by atoms with Crippen molar-refractivity contribution >= 4 is 5.97 Å². The molecule has 80 valence electrons. The lowest BCUT2D eigenvalue weighted by Crippen LogP contribution is -2.32. The predicted molar refractivity (Wildman–Crippen MR) is 50.4 cm³/mol. The molecule has 1 aliphatic rings. The second-order valence-electron chi connectivity index (χ2n) is 3.20. The molecule has 15 heavy (non-hydrogen) atoms. The van der Waals surface area contributed by atoms with Gasteiger partial charge in [0.2, 0.25) is 0 Å². The number of hydrogen-bond donors (Lipinski definition) is 2. The van der Waals surface area contributed by atoms with Gasteiger partial charge in [0.05, 0.1) is 12.2 Å². The molecule has 2 N–H and O–H groups in total. The average molecular weight is 210 g/mol. The Morgan fingerprint density at radius 3 is 2.93 bits per heavy atom. The summed E-state index contributed by atoms with van der Waals surface area (Å²) in [4.78, 5) is 10.7. The normalized spacial score (nSPS) is 18.6. The van der Waals surface area contributed by atoms with Crippen LogP contribution in [0.5, 0.6) is 11.5 Å². The molecule has 5 nitrogen and oxygen atoms in total. The van der Waals surface area contributed by atoms with Gasteiger partial charge in [-0.3, -0.25) is 0 Å². The molecule has 0 fully saturated rings. The predicted octanol–water partition coefficient (Wildman–Crippen LogP) is 0.517. The fraction of sp³-hybridized carbons (Fsp3) is 0.300. The van der Waals surface area contributed by atoms with Crippen molar-refractivity contribution < 1.29 is 24.5 Å². The fourth-order valence-corrected chi connectivity index (χ4v) is 1.34. The zero-order valence-electron chi connectivity index (χ0n) is 7.84. The topological polar surface area (TPSA) is 76.0 Å². The highest BCUT2D eigenvalue weighted by Crippen LogP contribution is 2.32. The van der Waals surface area contributed by atoms with Crippen molar-refractivity contribution in [3.8, 4) is 11.5 Å². The Kier molecular flexibility index (Phi) is 2.47. The summed E-state index contributed by atoms with van der Waals surface area (Å²) >= 11 is 0. The van der Waals surface area contributed by atoms with Crippen LogP contribution in [0.15, 0.2) is 18.2 Å². The molecule has 5 heteroatoms. The lowest BCUT2D eigenvalue weighted by atomic mass is 10.2. The van der Waals surface area contributed by atoms with Gasteiger partial charge in [-0.1, -0.05) is 0 Å². The molecule has 1 unspecified atom stereocenters. The summed E-state index contributed by atoms with van der Waals surface area (Å²) in [7, 11) is 0. The van der Waals surface area contributed by atoms with Gasteiger partial charge < -0.3 is 19.7 Å². The maximum atomic E-state index is 10.7. The van der Waals surface area contributed by atoms with Crippen LogP contribution in [0.25, 0.3) is 0 Å². The Hall–Kier alpha value is -1.75. The summed E-state index contributed by atoms with van der Waals surface area (Å²) in [5.41, 5.74) is 0.153. The third kappa shape index (κ3) is 1.87. The van der Waals surface area contributed by atoms with Gasteiger partial charge in [-0.2, -0.15) is 0 Å². The molecule has 1 atom stereocenters. The van der Waals surface area contributed by atoms with Gasteiger partial charge in [-0.15, -0.1) is 0 Å². The van der Waals surface area contributed by atoms with E-state index in [0.29, 0.717) is 11.5 Å². The summed E-state index contributed by atoms with van der Waals surface area (Å²) in [5, 5.41) is 17.6. The van der Waals surface area contributed by atoms with Crippen molar-refractivity contribution in [2.45, 2.75) is 6.10 Å². The molecule has 0 amide bonds. The van der Waals surface area contributed by atoms with E-state index in [2.05, 4.69) is 0 Å². The number of carbonyl (C=O) groups is 1. The van der Waals surface area contributed by atoms with E-state index in [0.717, 1.165) is 0 Å². The minimum atomic E-state index is -1.01. The molecule has 0 bridgehead atoms. The lowest BCUT2D eigenvalue weighted by Gasteiger charge is -2.25. The van der Waals surface area contributed by atoms with E-state index < -0.39 is 5.97 Å². The first-order valence-corrected chi connectivity index (χ1v) is 4.48. The second-order valence-corrected chi connectivity index (χ2v) is 3.20. The molecule has 2 rings (SSSR count). The Morgan fingerprint density at radius 2 is 2.27 bits per heavy atom. The summed E-state index contributed by atoms with van der Waals surface area (Å²) in [6.07, 6.45) is -0.381. The number of benzene rings is 1. The van der Waals surface area contributed by atoms with Crippen LogP contribution >= 0.6 is 0 Å². The molecule has 1 aromatic carbocycles. The number of fused-ring (bicyclic) bond motifs is 1. The van der Waals surface area contributed by atoms with Crippen LogP contribution < -0.4 is 9.47 Å². The lowest BCUT2D eigenvalue weighted by molar-refractivity contribution is 0.0453. The summed E-state index contributed by atoms with van der Waals surface area (Å²) in [6.45, 7) is 0.104. The molecule has 0 radical (unpaired) electrons. The van der Waals surface area contributed by atoms with Crippen molar-refractivity contribution in [1.82, 2.24) is 0 Å². The van der Waals surface area contributed by atoms with Gasteiger partial charge in [-0.25, -0.2) is 4.79 Å². The van der Waals surface area contributed by atoms with E-state index in [1.165, 1.54) is 18.2 Å². The average Bonchev–Trinajstić information content (AvgIpc) is 2.27. The van der Waals surface area contributed by atoms with Gasteiger partial charge in [-0.05, 0) is 18.2 Å². The number of aliphatic hydroxyl groups excluding tert-OH is 1. The van der Waals surface area contributed by atoms with Gasteiger partial charge >= 0.3 is 5.97 Å². The molecule has 1 heterocycles. The monoisotopic (exact) mass is 210 g/mol. The van der Waals surface area contributed by atoms with Crippen LogP contribution in [0.3, 0.4) is 0 Å². The van der Waals surface area contributed by atoms with Crippen molar-refractivity contribution in [3.63, 3.8) is 0 Å². The molecule has 0 aliphatic carbocycles. The van der Waals surface area contributed by atoms with Crippen molar-refractivity contribution in [1.29, 1.82) is 0 Å². The minimum Gasteiger partial charge on any atom is -0.486 e. The molecule has 1 aliphatic heterocycles. The Balaban J connectivity index is 2.28. The first-order valence-electron chi connectivity index (χ1n) is 4.48. The van der Waals surface area contributed by atoms with Crippen LogP contribution in [-0.4, -0.2) is 35.5 Å². The van der Waals surface area contributed by atoms with Crippen LogP contribution in [0, 0.1) is 0 Å². The molecule has 0 saturated carbocycles. The SMILES string of the molecule is O=C(O)c1ccc2c(c1)OCC(CO)O2. The van der Waals surface area contributed by atoms with Gasteiger partial charge in [0, 0.05) is 0 Å². The second kappa shape index (κ2) is 3.78. The molecule has 0 spiro atoms.